The van der Waals surface area contributed by atoms with E-state index in [2.05, 4.69) is 35.4 Å². The van der Waals surface area contributed by atoms with E-state index in [4.69, 9.17) is 5.26 Å². The van der Waals surface area contributed by atoms with Crippen LogP contribution in [0, 0.1) is 17.2 Å². The fourth-order valence-corrected chi connectivity index (χ4v) is 4.70. The quantitative estimate of drug-likeness (QED) is 0.428. The van der Waals surface area contributed by atoms with Gasteiger partial charge in [0.1, 0.15) is 11.1 Å². The van der Waals surface area contributed by atoms with Crippen molar-refractivity contribution in [2.45, 2.75) is 32.0 Å². The standard InChI is InChI=1S/C21H20N6O2S2/c1-13(2)7-9-26-19(29)15-5-3-4-6-16(15)27-20(26)24-25-21(27)31-12-17(28)23-18-14(11-22)8-10-30-18/h3-6,8,10,13H,7,9,12H2,1-2H3,(H,23,28). The molecule has 1 N–H and O–H groups in total. The van der Waals surface area contributed by atoms with Crippen LogP contribution in [0.1, 0.15) is 25.8 Å². The highest BCUT2D eigenvalue weighted by molar-refractivity contribution is 7.99. The number of anilines is 1. The summed E-state index contributed by atoms with van der Waals surface area (Å²) in [5, 5.41) is 23.8. The Morgan fingerprint density at radius 3 is 2.87 bits per heavy atom. The molecule has 8 nitrogen and oxygen atoms in total. The van der Waals surface area contributed by atoms with E-state index < -0.39 is 0 Å². The molecule has 1 amide bonds. The normalized spacial score (nSPS) is 11.3. The average Bonchev–Trinajstić information content (AvgIpc) is 3.38. The Morgan fingerprint density at radius 2 is 2.10 bits per heavy atom. The SMILES string of the molecule is CC(C)CCn1c(=O)c2ccccc2n2c(SCC(=O)Nc3sccc3C#N)nnc12. The highest BCUT2D eigenvalue weighted by Crippen LogP contribution is 2.24. The van der Waals surface area contributed by atoms with Gasteiger partial charge in [-0.1, -0.05) is 37.7 Å². The summed E-state index contributed by atoms with van der Waals surface area (Å²) in [6, 6.07) is 11.1. The molecule has 4 aromatic rings. The van der Waals surface area contributed by atoms with Crippen molar-refractivity contribution in [3.05, 3.63) is 51.6 Å². The number of amides is 1. The molecule has 0 atom stereocenters. The number of hydrogen-bond donors (Lipinski definition) is 1. The van der Waals surface area contributed by atoms with Gasteiger partial charge in [0, 0.05) is 6.54 Å². The second-order valence-electron chi connectivity index (χ2n) is 7.39. The molecule has 0 aliphatic rings. The zero-order valence-electron chi connectivity index (χ0n) is 17.0. The van der Waals surface area contributed by atoms with E-state index in [1.54, 1.807) is 22.1 Å². The molecule has 10 heteroatoms. The molecule has 0 saturated heterocycles. The van der Waals surface area contributed by atoms with Crippen LogP contribution in [0.15, 0.2) is 45.7 Å². The predicted molar refractivity (Wildman–Crippen MR) is 123 cm³/mol. The lowest BCUT2D eigenvalue weighted by molar-refractivity contribution is -0.113. The molecule has 0 bridgehead atoms. The number of nitrogens with one attached hydrogen (secondary N) is 1. The van der Waals surface area contributed by atoms with Gasteiger partial charge in [-0.2, -0.15) is 5.26 Å². The molecular formula is C21H20N6O2S2. The molecule has 0 spiro atoms. The van der Waals surface area contributed by atoms with Crippen LogP contribution in [0.2, 0.25) is 0 Å². The molecule has 0 fully saturated rings. The third-order valence-corrected chi connectivity index (χ3v) is 6.54. The van der Waals surface area contributed by atoms with Crippen molar-refractivity contribution in [3.63, 3.8) is 0 Å². The number of aryl methyl sites for hydroxylation is 1. The number of rotatable bonds is 7. The first-order chi connectivity index (χ1) is 15.0. The Morgan fingerprint density at radius 1 is 1.29 bits per heavy atom. The minimum Gasteiger partial charge on any atom is -0.316 e. The largest absolute Gasteiger partial charge is 0.316 e. The van der Waals surface area contributed by atoms with Crippen molar-refractivity contribution in [1.82, 2.24) is 19.2 Å². The summed E-state index contributed by atoms with van der Waals surface area (Å²) < 4.78 is 3.49. The van der Waals surface area contributed by atoms with Gasteiger partial charge < -0.3 is 5.32 Å². The number of para-hydroxylation sites is 1. The lowest BCUT2D eigenvalue weighted by atomic mass is 10.1. The first-order valence-corrected chi connectivity index (χ1v) is 11.6. The maximum absolute atomic E-state index is 13.1. The summed E-state index contributed by atoms with van der Waals surface area (Å²) in [5.74, 6) is 0.771. The van der Waals surface area contributed by atoms with E-state index in [0.29, 0.717) is 44.9 Å². The first kappa shape index (κ1) is 21.1. The molecule has 4 rings (SSSR count). The Hall–Kier alpha value is -3.16. The highest BCUT2D eigenvalue weighted by atomic mass is 32.2. The Bertz CT molecular complexity index is 1360. The van der Waals surface area contributed by atoms with Crippen molar-refractivity contribution < 1.29 is 4.79 Å². The molecule has 31 heavy (non-hydrogen) atoms. The highest BCUT2D eigenvalue weighted by Gasteiger charge is 2.18. The van der Waals surface area contributed by atoms with Crippen LogP contribution in [0.25, 0.3) is 16.7 Å². The Balaban J connectivity index is 1.67. The van der Waals surface area contributed by atoms with Gasteiger partial charge in [0.25, 0.3) is 5.56 Å². The number of thioether (sulfide) groups is 1. The van der Waals surface area contributed by atoms with Crippen LogP contribution in [0.5, 0.6) is 0 Å². The second kappa shape index (κ2) is 8.91. The van der Waals surface area contributed by atoms with Crippen LogP contribution in [-0.4, -0.2) is 30.8 Å². The predicted octanol–water partition coefficient (Wildman–Crippen LogP) is 3.75. The lowest BCUT2D eigenvalue weighted by Gasteiger charge is -2.12. The number of nitriles is 1. The topological polar surface area (TPSA) is 105 Å². The summed E-state index contributed by atoms with van der Waals surface area (Å²) in [6.07, 6.45) is 0.841. The molecule has 3 aromatic heterocycles. The van der Waals surface area contributed by atoms with E-state index in [1.807, 2.05) is 22.6 Å². The van der Waals surface area contributed by atoms with Crippen molar-refractivity contribution in [2.24, 2.45) is 5.92 Å². The van der Waals surface area contributed by atoms with Gasteiger partial charge in [-0.05, 0) is 35.9 Å². The summed E-state index contributed by atoms with van der Waals surface area (Å²) in [4.78, 5) is 25.5. The molecule has 158 valence electrons. The fraction of sp³-hybridized carbons (Fsp3) is 0.286. The van der Waals surface area contributed by atoms with Gasteiger partial charge in [-0.25, -0.2) is 0 Å². The summed E-state index contributed by atoms with van der Waals surface area (Å²) >= 11 is 2.54. The first-order valence-electron chi connectivity index (χ1n) is 9.76. The number of benzene rings is 1. The van der Waals surface area contributed by atoms with Crippen LogP contribution in [0.3, 0.4) is 0 Å². The molecule has 0 aliphatic heterocycles. The molecule has 0 unspecified atom stereocenters. The summed E-state index contributed by atoms with van der Waals surface area (Å²) in [6.45, 7) is 4.76. The summed E-state index contributed by atoms with van der Waals surface area (Å²) in [5.41, 5.74) is 1.06. The number of carbonyl (C=O) groups excluding carboxylic acids is 1. The van der Waals surface area contributed by atoms with E-state index in [9.17, 15) is 9.59 Å². The van der Waals surface area contributed by atoms with Crippen LogP contribution in [-0.2, 0) is 11.3 Å². The molecule has 1 aromatic carbocycles. The van der Waals surface area contributed by atoms with Crippen LogP contribution in [0.4, 0.5) is 5.00 Å². The number of thiophene rings is 1. The van der Waals surface area contributed by atoms with E-state index in [-0.39, 0.29) is 17.2 Å². The van der Waals surface area contributed by atoms with Crippen LogP contribution >= 0.6 is 23.1 Å². The maximum atomic E-state index is 13.1. The minimum absolute atomic E-state index is 0.0906. The average molecular weight is 453 g/mol. The molecule has 0 saturated carbocycles. The fourth-order valence-electron chi connectivity index (χ4n) is 3.20. The molecule has 0 aliphatic carbocycles. The molecule has 0 radical (unpaired) electrons. The third kappa shape index (κ3) is 4.19. The van der Waals surface area contributed by atoms with Gasteiger partial charge in [-0.3, -0.25) is 18.6 Å². The van der Waals surface area contributed by atoms with Crippen molar-refractivity contribution in [3.8, 4) is 6.07 Å². The third-order valence-electron chi connectivity index (χ3n) is 4.78. The summed E-state index contributed by atoms with van der Waals surface area (Å²) in [7, 11) is 0. The number of fused-ring (bicyclic) bond motifs is 3. The minimum atomic E-state index is -0.238. The van der Waals surface area contributed by atoms with Crippen molar-refractivity contribution in [1.29, 1.82) is 5.26 Å². The van der Waals surface area contributed by atoms with Gasteiger partial charge >= 0.3 is 0 Å². The van der Waals surface area contributed by atoms with E-state index in [1.165, 1.54) is 23.1 Å². The Labute approximate surface area is 186 Å². The van der Waals surface area contributed by atoms with E-state index >= 15 is 0 Å². The molecule has 3 heterocycles. The monoisotopic (exact) mass is 452 g/mol. The maximum Gasteiger partial charge on any atom is 0.262 e. The number of nitrogens with zero attached hydrogens (tertiary/aromatic N) is 5. The number of carbonyl (C=O) groups is 1. The van der Waals surface area contributed by atoms with Gasteiger partial charge in [-0.15, -0.1) is 21.5 Å². The van der Waals surface area contributed by atoms with Gasteiger partial charge in [0.15, 0.2) is 5.16 Å². The zero-order chi connectivity index (χ0) is 22.0. The smallest absolute Gasteiger partial charge is 0.262 e. The second-order valence-corrected chi connectivity index (χ2v) is 9.25. The number of hydrogen-bond acceptors (Lipinski definition) is 7. The van der Waals surface area contributed by atoms with Crippen molar-refractivity contribution >= 4 is 50.7 Å². The molecular weight excluding hydrogens is 432 g/mol. The lowest BCUT2D eigenvalue weighted by Crippen LogP contribution is -2.24. The van der Waals surface area contributed by atoms with Gasteiger partial charge in [0.2, 0.25) is 11.7 Å². The number of aromatic nitrogens is 4. The van der Waals surface area contributed by atoms with Crippen molar-refractivity contribution in [2.75, 3.05) is 11.1 Å². The zero-order valence-corrected chi connectivity index (χ0v) is 18.7. The van der Waals surface area contributed by atoms with E-state index in [0.717, 1.165) is 6.42 Å². The van der Waals surface area contributed by atoms with Gasteiger partial charge in [0.05, 0.1) is 22.2 Å². The van der Waals surface area contributed by atoms with Crippen LogP contribution < -0.4 is 10.9 Å². The Kier molecular flexibility index (Phi) is 6.06.